The average molecular weight is 335 g/mol. The van der Waals surface area contributed by atoms with Crippen molar-refractivity contribution in [1.29, 1.82) is 0 Å². The van der Waals surface area contributed by atoms with Crippen LogP contribution in [0.25, 0.3) is 0 Å². The number of piperazine rings is 1. The molecule has 0 spiro atoms. The Morgan fingerprint density at radius 1 is 1.26 bits per heavy atom. The topological polar surface area (TPSA) is 40.0 Å². The van der Waals surface area contributed by atoms with Gasteiger partial charge < -0.3 is 20.0 Å². The fraction of sp³-hybridized carbons (Fsp3) is 0.529. The van der Waals surface area contributed by atoms with Crippen LogP contribution in [0.5, 0.6) is 0 Å². The molecule has 1 aromatic rings. The zero-order valence-corrected chi connectivity index (χ0v) is 15.3. The molecule has 0 saturated carbocycles. The molecular weight excluding hydrogens is 308 g/mol. The van der Waals surface area contributed by atoms with Gasteiger partial charge in [0.05, 0.1) is 26.2 Å². The van der Waals surface area contributed by atoms with Gasteiger partial charge >= 0.3 is 0 Å². The highest BCUT2D eigenvalue weighted by Crippen LogP contribution is 2.14. The minimum Gasteiger partial charge on any atom is -0.344 e. The number of likely N-dealkylation sites (N-methyl/N-ethyl adjacent to an activating group) is 1. The summed E-state index contributed by atoms with van der Waals surface area (Å²) >= 11 is 5.53. The maximum atomic E-state index is 11.8. The van der Waals surface area contributed by atoms with Gasteiger partial charge in [-0.15, -0.1) is 0 Å². The number of hydrogen-bond donors (Lipinski definition) is 2. The summed E-state index contributed by atoms with van der Waals surface area (Å²) in [5.74, 6) is 0.185. The summed E-state index contributed by atoms with van der Waals surface area (Å²) in [6.45, 7) is 8.42. The summed E-state index contributed by atoms with van der Waals surface area (Å²) < 4.78 is 0. The first-order valence-corrected chi connectivity index (χ1v) is 8.44. The van der Waals surface area contributed by atoms with Gasteiger partial charge in [0.15, 0.2) is 11.7 Å². The molecule has 1 amide bonds. The molecule has 1 aliphatic rings. The molecule has 1 fully saturated rings. The van der Waals surface area contributed by atoms with Crippen LogP contribution in [-0.2, 0) is 4.79 Å². The summed E-state index contributed by atoms with van der Waals surface area (Å²) in [4.78, 5) is 17.0. The molecular formula is C17H27N4OS+. The number of anilines is 1. The number of carbonyl (C=O) groups excluding carboxylic acids is 1. The van der Waals surface area contributed by atoms with Crippen LogP contribution in [0.15, 0.2) is 18.2 Å². The second-order valence-corrected chi connectivity index (χ2v) is 6.82. The van der Waals surface area contributed by atoms with Crippen molar-refractivity contribution in [1.82, 2.24) is 9.80 Å². The predicted molar refractivity (Wildman–Crippen MR) is 98.0 cm³/mol. The summed E-state index contributed by atoms with van der Waals surface area (Å²) in [6.07, 6.45) is 0. The van der Waals surface area contributed by atoms with E-state index in [1.54, 1.807) is 19.0 Å². The molecule has 1 saturated heterocycles. The third-order valence-electron chi connectivity index (χ3n) is 4.42. The number of quaternary nitrogens is 1. The maximum absolute atomic E-state index is 11.8. The fourth-order valence-electron chi connectivity index (χ4n) is 2.60. The third-order valence-corrected chi connectivity index (χ3v) is 4.78. The molecule has 126 valence electrons. The van der Waals surface area contributed by atoms with Crippen LogP contribution < -0.4 is 10.2 Å². The van der Waals surface area contributed by atoms with Crippen LogP contribution in [0, 0.1) is 13.8 Å². The van der Waals surface area contributed by atoms with Crippen molar-refractivity contribution in [2.24, 2.45) is 0 Å². The van der Waals surface area contributed by atoms with Gasteiger partial charge in [-0.25, -0.2) is 0 Å². The third kappa shape index (κ3) is 4.91. The van der Waals surface area contributed by atoms with Gasteiger partial charge in [-0.3, -0.25) is 4.79 Å². The van der Waals surface area contributed by atoms with Gasteiger partial charge in [0.2, 0.25) is 0 Å². The number of thiocarbonyl (C=S) groups is 1. The molecule has 0 radical (unpaired) electrons. The minimum absolute atomic E-state index is 0.185. The molecule has 0 bridgehead atoms. The number of aryl methyl sites for hydroxylation is 2. The monoisotopic (exact) mass is 335 g/mol. The zero-order chi connectivity index (χ0) is 17.0. The van der Waals surface area contributed by atoms with E-state index in [1.807, 2.05) is 0 Å². The first kappa shape index (κ1) is 17.7. The average Bonchev–Trinajstić information content (AvgIpc) is 2.51. The lowest BCUT2D eigenvalue weighted by atomic mass is 10.1. The van der Waals surface area contributed by atoms with Gasteiger partial charge in [-0.05, 0) is 49.3 Å². The predicted octanol–water partition coefficient (Wildman–Crippen LogP) is 0.289. The molecule has 5 nitrogen and oxygen atoms in total. The highest BCUT2D eigenvalue weighted by Gasteiger charge is 2.24. The van der Waals surface area contributed by atoms with E-state index in [1.165, 1.54) is 16.0 Å². The van der Waals surface area contributed by atoms with E-state index < -0.39 is 0 Å². The molecule has 2 rings (SSSR count). The van der Waals surface area contributed by atoms with E-state index >= 15 is 0 Å². The van der Waals surface area contributed by atoms with E-state index in [-0.39, 0.29) is 5.91 Å². The quantitative estimate of drug-likeness (QED) is 0.779. The smallest absolute Gasteiger partial charge is 0.277 e. The Bertz CT molecular complexity index is 580. The lowest BCUT2D eigenvalue weighted by Crippen LogP contribution is -3.15. The van der Waals surface area contributed by atoms with Crippen LogP contribution in [0.3, 0.4) is 0 Å². The SMILES string of the molecule is Cc1ccc(NC(=S)N2CC[NH+](CC(=O)N(C)C)CC2)cc1C. The molecule has 2 N–H and O–H groups in total. The lowest BCUT2D eigenvalue weighted by molar-refractivity contribution is -0.896. The van der Waals surface area contributed by atoms with Crippen LogP contribution in [0.4, 0.5) is 5.69 Å². The summed E-state index contributed by atoms with van der Waals surface area (Å²) in [5.41, 5.74) is 3.58. The van der Waals surface area contributed by atoms with Crippen molar-refractivity contribution in [2.75, 3.05) is 52.1 Å². The van der Waals surface area contributed by atoms with Crippen molar-refractivity contribution >= 4 is 28.9 Å². The molecule has 6 heteroatoms. The Morgan fingerprint density at radius 2 is 1.91 bits per heavy atom. The Hall–Kier alpha value is -1.66. The van der Waals surface area contributed by atoms with E-state index in [0.29, 0.717) is 6.54 Å². The van der Waals surface area contributed by atoms with Crippen molar-refractivity contribution in [3.8, 4) is 0 Å². The first-order valence-electron chi connectivity index (χ1n) is 8.03. The van der Waals surface area contributed by atoms with E-state index in [4.69, 9.17) is 12.2 Å². The van der Waals surface area contributed by atoms with Gasteiger partial charge in [0.25, 0.3) is 5.91 Å². The minimum atomic E-state index is 0.185. The summed E-state index contributed by atoms with van der Waals surface area (Å²) in [5, 5.41) is 4.10. The Balaban J connectivity index is 1.83. The normalized spacial score (nSPS) is 15.4. The van der Waals surface area contributed by atoms with Gasteiger partial charge in [0, 0.05) is 19.8 Å². The standard InChI is InChI=1S/C17H26N4OS/c1-13-5-6-15(11-14(13)2)18-17(23)21-9-7-20(8-10-21)12-16(22)19(3)4/h5-6,11H,7-10,12H2,1-4H3,(H,18,23)/p+1. The number of rotatable bonds is 3. The van der Waals surface area contributed by atoms with Crippen LogP contribution >= 0.6 is 12.2 Å². The highest BCUT2D eigenvalue weighted by molar-refractivity contribution is 7.80. The molecule has 0 aliphatic carbocycles. The van der Waals surface area contributed by atoms with Gasteiger partial charge in [-0.1, -0.05) is 6.07 Å². The van der Waals surface area contributed by atoms with Gasteiger partial charge in [0.1, 0.15) is 0 Å². The Labute approximate surface area is 144 Å². The zero-order valence-electron chi connectivity index (χ0n) is 14.5. The van der Waals surface area contributed by atoms with Crippen molar-refractivity contribution in [3.05, 3.63) is 29.3 Å². The molecule has 1 aromatic carbocycles. The number of hydrogen-bond acceptors (Lipinski definition) is 2. The van der Waals surface area contributed by atoms with Crippen molar-refractivity contribution in [3.63, 3.8) is 0 Å². The fourth-order valence-corrected chi connectivity index (χ4v) is 2.90. The van der Waals surface area contributed by atoms with Gasteiger partial charge in [-0.2, -0.15) is 0 Å². The Morgan fingerprint density at radius 3 is 2.48 bits per heavy atom. The summed E-state index contributed by atoms with van der Waals surface area (Å²) in [6, 6.07) is 6.29. The molecule has 0 unspecified atom stereocenters. The number of amides is 1. The number of nitrogens with one attached hydrogen (secondary N) is 2. The van der Waals surface area contributed by atoms with Crippen LogP contribution in [-0.4, -0.2) is 67.6 Å². The number of carbonyl (C=O) groups is 1. The number of nitrogens with zero attached hydrogens (tertiary/aromatic N) is 2. The van der Waals surface area contributed by atoms with E-state index in [2.05, 4.69) is 42.3 Å². The number of benzene rings is 1. The summed E-state index contributed by atoms with van der Waals surface area (Å²) in [7, 11) is 3.61. The van der Waals surface area contributed by atoms with Crippen LogP contribution in [0.1, 0.15) is 11.1 Å². The lowest BCUT2D eigenvalue weighted by Gasteiger charge is -2.34. The molecule has 1 heterocycles. The van der Waals surface area contributed by atoms with Crippen molar-refractivity contribution in [2.45, 2.75) is 13.8 Å². The second-order valence-electron chi connectivity index (χ2n) is 6.43. The second kappa shape index (κ2) is 7.75. The maximum Gasteiger partial charge on any atom is 0.277 e. The molecule has 23 heavy (non-hydrogen) atoms. The van der Waals surface area contributed by atoms with Crippen LogP contribution in [0.2, 0.25) is 0 Å². The largest absolute Gasteiger partial charge is 0.344 e. The molecule has 0 aromatic heterocycles. The first-order chi connectivity index (χ1) is 10.9. The van der Waals surface area contributed by atoms with E-state index in [9.17, 15) is 4.79 Å². The highest BCUT2D eigenvalue weighted by atomic mass is 32.1. The molecule has 0 atom stereocenters. The van der Waals surface area contributed by atoms with E-state index in [0.717, 1.165) is 37.0 Å². The Kier molecular flexibility index (Phi) is 5.96. The van der Waals surface area contributed by atoms with Crippen molar-refractivity contribution < 1.29 is 9.69 Å². The molecule has 1 aliphatic heterocycles.